The number of ketones is 1. The maximum absolute atomic E-state index is 14.4. The van der Waals surface area contributed by atoms with Crippen LogP contribution < -0.4 is 4.90 Å². The normalized spacial score (nSPS) is 18.5. The molecule has 0 amide bonds. The second kappa shape index (κ2) is 7.40. The van der Waals surface area contributed by atoms with Crippen molar-refractivity contribution in [2.24, 2.45) is 0 Å². The van der Waals surface area contributed by atoms with Crippen LogP contribution in [0.5, 0.6) is 0 Å². The van der Waals surface area contributed by atoms with Gasteiger partial charge in [0.15, 0.2) is 5.78 Å². The zero-order valence-electron chi connectivity index (χ0n) is 15.6. The summed E-state index contributed by atoms with van der Waals surface area (Å²) in [5.74, 6) is -0.660. The Balaban J connectivity index is 1.80. The minimum Gasteiger partial charge on any atom is -0.366 e. The van der Waals surface area contributed by atoms with Gasteiger partial charge in [0.2, 0.25) is 10.0 Å². The average molecular weight is 390 g/mol. The number of sulfonamides is 1. The van der Waals surface area contributed by atoms with Crippen molar-refractivity contribution in [3.05, 3.63) is 59.4 Å². The molecule has 27 heavy (non-hydrogen) atoms. The van der Waals surface area contributed by atoms with Crippen LogP contribution in [0, 0.1) is 12.7 Å². The van der Waals surface area contributed by atoms with Crippen LogP contribution in [0.3, 0.4) is 0 Å². The number of rotatable bonds is 4. The number of nitrogens with zero attached hydrogens (tertiary/aromatic N) is 2. The topological polar surface area (TPSA) is 57.7 Å². The van der Waals surface area contributed by atoms with Gasteiger partial charge in [-0.3, -0.25) is 4.79 Å². The Morgan fingerprint density at radius 1 is 1.11 bits per heavy atom. The van der Waals surface area contributed by atoms with Crippen LogP contribution >= 0.6 is 0 Å². The van der Waals surface area contributed by atoms with E-state index in [1.807, 2.05) is 18.7 Å². The lowest BCUT2D eigenvalue weighted by Gasteiger charge is -2.40. The predicted octanol–water partition coefficient (Wildman–Crippen LogP) is 3.24. The molecule has 1 saturated heterocycles. The Bertz CT molecular complexity index is 958. The maximum Gasteiger partial charge on any atom is 0.243 e. The fraction of sp³-hybridized carbons (Fsp3) is 0.350. The second-order valence-corrected chi connectivity index (χ2v) is 8.84. The Morgan fingerprint density at radius 3 is 2.33 bits per heavy atom. The molecule has 2 aromatic rings. The molecule has 1 aliphatic heterocycles. The maximum atomic E-state index is 14.4. The number of hydrogen-bond acceptors (Lipinski definition) is 4. The van der Waals surface area contributed by atoms with Gasteiger partial charge in [-0.25, -0.2) is 12.8 Å². The third kappa shape index (κ3) is 3.89. The van der Waals surface area contributed by atoms with Gasteiger partial charge in [-0.1, -0.05) is 17.7 Å². The minimum absolute atomic E-state index is 0.192. The third-order valence-corrected chi connectivity index (χ3v) is 6.92. The van der Waals surface area contributed by atoms with Crippen molar-refractivity contribution in [1.29, 1.82) is 0 Å². The van der Waals surface area contributed by atoms with E-state index in [4.69, 9.17) is 0 Å². The highest BCUT2D eigenvalue weighted by molar-refractivity contribution is 7.89. The molecule has 144 valence electrons. The lowest BCUT2D eigenvalue weighted by Crippen LogP contribution is -2.54. The Kier molecular flexibility index (Phi) is 5.35. The van der Waals surface area contributed by atoms with E-state index in [2.05, 4.69) is 0 Å². The summed E-state index contributed by atoms with van der Waals surface area (Å²) < 4.78 is 41.8. The van der Waals surface area contributed by atoms with Gasteiger partial charge in [-0.15, -0.1) is 0 Å². The molecule has 0 bridgehead atoms. The zero-order valence-corrected chi connectivity index (χ0v) is 16.5. The van der Waals surface area contributed by atoms with Crippen LogP contribution in [0.15, 0.2) is 47.4 Å². The van der Waals surface area contributed by atoms with Gasteiger partial charge < -0.3 is 4.90 Å². The molecule has 0 aromatic heterocycles. The lowest BCUT2D eigenvalue weighted by atomic mass is 10.1. The molecule has 2 aromatic carbocycles. The van der Waals surface area contributed by atoms with Crippen LogP contribution in [-0.2, 0) is 10.0 Å². The number of halogens is 1. The van der Waals surface area contributed by atoms with E-state index < -0.39 is 15.8 Å². The van der Waals surface area contributed by atoms with Crippen LogP contribution in [0.2, 0.25) is 0 Å². The number of piperazine rings is 1. The number of anilines is 1. The van der Waals surface area contributed by atoms with Crippen LogP contribution in [0.1, 0.15) is 29.8 Å². The van der Waals surface area contributed by atoms with Crippen molar-refractivity contribution in [2.75, 3.05) is 24.5 Å². The van der Waals surface area contributed by atoms with E-state index in [1.165, 1.54) is 17.3 Å². The average Bonchev–Trinajstić information content (AvgIpc) is 2.61. The van der Waals surface area contributed by atoms with E-state index >= 15 is 0 Å². The van der Waals surface area contributed by atoms with Crippen molar-refractivity contribution in [1.82, 2.24) is 4.31 Å². The Labute approximate surface area is 159 Å². The first-order valence-corrected chi connectivity index (χ1v) is 10.3. The monoisotopic (exact) mass is 390 g/mol. The van der Waals surface area contributed by atoms with E-state index in [1.54, 1.807) is 36.4 Å². The molecule has 0 unspecified atom stereocenters. The molecule has 0 saturated carbocycles. The largest absolute Gasteiger partial charge is 0.366 e. The molecule has 0 N–H and O–H groups in total. The fourth-order valence-corrected chi connectivity index (χ4v) is 4.96. The molecule has 7 heteroatoms. The summed E-state index contributed by atoms with van der Waals surface area (Å²) in [6.07, 6.45) is 0. The van der Waals surface area contributed by atoms with E-state index in [0.29, 0.717) is 24.3 Å². The summed E-state index contributed by atoms with van der Waals surface area (Å²) in [6, 6.07) is 10.9. The van der Waals surface area contributed by atoms with Gasteiger partial charge in [0.25, 0.3) is 0 Å². The van der Waals surface area contributed by atoms with Gasteiger partial charge in [0, 0.05) is 31.2 Å². The molecule has 0 spiro atoms. The molecule has 0 aliphatic carbocycles. The van der Waals surface area contributed by atoms with Crippen molar-refractivity contribution in [3.63, 3.8) is 0 Å². The third-order valence-electron chi connectivity index (χ3n) is 4.89. The molecule has 1 fully saturated rings. The number of aryl methyl sites for hydroxylation is 1. The second-order valence-electron chi connectivity index (χ2n) is 6.95. The van der Waals surface area contributed by atoms with Crippen molar-refractivity contribution < 1.29 is 17.6 Å². The highest BCUT2D eigenvalue weighted by Gasteiger charge is 2.34. The number of hydrogen-bond donors (Lipinski definition) is 0. The van der Waals surface area contributed by atoms with Gasteiger partial charge >= 0.3 is 0 Å². The highest BCUT2D eigenvalue weighted by Crippen LogP contribution is 2.27. The molecular weight excluding hydrogens is 367 g/mol. The summed E-state index contributed by atoms with van der Waals surface area (Å²) >= 11 is 0. The Morgan fingerprint density at radius 2 is 1.78 bits per heavy atom. The summed E-state index contributed by atoms with van der Waals surface area (Å²) in [5.41, 5.74) is 1.71. The summed E-state index contributed by atoms with van der Waals surface area (Å²) in [6.45, 7) is 6.15. The summed E-state index contributed by atoms with van der Waals surface area (Å²) in [7, 11) is -3.59. The summed E-state index contributed by atoms with van der Waals surface area (Å²) in [5, 5.41) is 0. The molecule has 1 aliphatic rings. The number of benzene rings is 2. The number of Topliss-reactive ketones (excluding diaryl/α,β-unsaturated/α-hetero) is 1. The van der Waals surface area contributed by atoms with Crippen molar-refractivity contribution in [3.8, 4) is 0 Å². The smallest absolute Gasteiger partial charge is 0.243 e. The van der Waals surface area contributed by atoms with Crippen LogP contribution in [-0.4, -0.2) is 44.2 Å². The molecule has 3 rings (SSSR count). The molecular formula is C20H23FN2O3S. The lowest BCUT2D eigenvalue weighted by molar-refractivity contribution is 0.101. The van der Waals surface area contributed by atoms with E-state index in [-0.39, 0.29) is 23.3 Å². The van der Waals surface area contributed by atoms with Crippen molar-refractivity contribution >= 4 is 21.5 Å². The zero-order chi connectivity index (χ0) is 19.8. The molecule has 0 radical (unpaired) electrons. The SMILES string of the molecule is CC(=O)c1ccc(N2CCN(S(=O)(=O)c3ccc(C)cc3)[C@@H](C)C2)c(F)c1. The molecule has 1 heterocycles. The van der Waals surface area contributed by atoms with Crippen LogP contribution in [0.4, 0.5) is 10.1 Å². The van der Waals surface area contributed by atoms with Crippen molar-refractivity contribution in [2.45, 2.75) is 31.7 Å². The highest BCUT2D eigenvalue weighted by atomic mass is 32.2. The molecule has 5 nitrogen and oxygen atoms in total. The first-order chi connectivity index (χ1) is 12.7. The Hall–Kier alpha value is -2.25. The number of carbonyl (C=O) groups is 1. The fourth-order valence-electron chi connectivity index (χ4n) is 3.34. The predicted molar refractivity (Wildman–Crippen MR) is 103 cm³/mol. The van der Waals surface area contributed by atoms with Crippen LogP contribution in [0.25, 0.3) is 0 Å². The minimum atomic E-state index is -3.59. The standard InChI is InChI=1S/C20H23FN2O3S/c1-14-4-7-18(8-5-14)27(25,26)23-11-10-22(13-15(23)2)20-9-6-17(16(3)24)12-19(20)21/h4-9,12,15H,10-11,13H2,1-3H3/t15-/m0/s1. The first-order valence-electron chi connectivity index (χ1n) is 8.84. The van der Waals surface area contributed by atoms with Gasteiger partial charge in [0.05, 0.1) is 10.6 Å². The van der Waals surface area contributed by atoms with E-state index in [0.717, 1.165) is 5.56 Å². The molecule has 1 atom stereocenters. The number of carbonyl (C=O) groups excluding carboxylic acids is 1. The van der Waals surface area contributed by atoms with Gasteiger partial charge in [0.1, 0.15) is 5.82 Å². The van der Waals surface area contributed by atoms with Gasteiger partial charge in [-0.05, 0) is 51.1 Å². The van der Waals surface area contributed by atoms with E-state index in [9.17, 15) is 17.6 Å². The summed E-state index contributed by atoms with van der Waals surface area (Å²) in [4.78, 5) is 13.5. The van der Waals surface area contributed by atoms with Gasteiger partial charge in [-0.2, -0.15) is 4.31 Å². The quantitative estimate of drug-likeness (QED) is 0.752. The first kappa shape index (κ1) is 19.5.